The maximum absolute atomic E-state index is 12.2. The number of amides is 1. The molecule has 0 bridgehead atoms. The van der Waals surface area contributed by atoms with Gasteiger partial charge in [-0.1, -0.05) is 41.6 Å². The highest BCUT2D eigenvalue weighted by Crippen LogP contribution is 2.11. The summed E-state index contributed by atoms with van der Waals surface area (Å²) in [5.41, 5.74) is 3.29. The molecule has 1 amide bonds. The fourth-order valence-corrected chi connectivity index (χ4v) is 2.70. The van der Waals surface area contributed by atoms with Gasteiger partial charge in [0.15, 0.2) is 0 Å². The van der Waals surface area contributed by atoms with Crippen LogP contribution in [0.25, 0.3) is 0 Å². The van der Waals surface area contributed by atoms with Crippen molar-refractivity contribution in [3.05, 3.63) is 65.7 Å². The molecule has 0 fully saturated rings. The monoisotopic (exact) mass is 360 g/mol. The first-order valence-electron chi connectivity index (χ1n) is 7.12. The molecule has 0 radical (unpaired) electrons. The minimum Gasteiger partial charge on any atom is -0.411 e. The van der Waals surface area contributed by atoms with Crippen molar-refractivity contribution in [2.45, 2.75) is 4.90 Å². The molecule has 25 heavy (non-hydrogen) atoms. The second-order valence-corrected chi connectivity index (χ2v) is 6.67. The fourth-order valence-electron chi connectivity index (χ4n) is 1.93. The van der Waals surface area contributed by atoms with Gasteiger partial charge in [0.1, 0.15) is 5.71 Å². The van der Waals surface area contributed by atoms with E-state index in [1.54, 1.807) is 24.3 Å². The summed E-state index contributed by atoms with van der Waals surface area (Å²) < 4.78 is 25.8. The quantitative estimate of drug-likeness (QED) is 0.407. The van der Waals surface area contributed by atoms with Crippen LogP contribution in [0.5, 0.6) is 0 Å². The first-order valence-corrected chi connectivity index (χ1v) is 8.61. The Bertz CT molecular complexity index is 909. The van der Waals surface area contributed by atoms with Gasteiger partial charge in [0, 0.05) is 11.1 Å². The zero-order chi connectivity index (χ0) is 18.3. The molecule has 130 valence electrons. The van der Waals surface area contributed by atoms with Gasteiger partial charge in [-0.3, -0.25) is 4.79 Å². The zero-order valence-electron chi connectivity index (χ0n) is 13.2. The number of carbonyl (C=O) groups excluding carboxylic acids is 1. The van der Waals surface area contributed by atoms with E-state index < -0.39 is 15.9 Å². The van der Waals surface area contributed by atoms with Crippen LogP contribution >= 0.6 is 0 Å². The highest BCUT2D eigenvalue weighted by Gasteiger charge is 2.14. The predicted molar refractivity (Wildman–Crippen MR) is 93.4 cm³/mol. The number of hydrogen-bond acceptors (Lipinski definition) is 6. The van der Waals surface area contributed by atoms with Crippen LogP contribution in [0.4, 0.5) is 0 Å². The smallest absolute Gasteiger partial charge is 0.271 e. The third-order valence-corrected chi connectivity index (χ3v) is 4.61. The Morgan fingerprint density at radius 2 is 1.76 bits per heavy atom. The maximum atomic E-state index is 12.2. The molecule has 2 rings (SSSR count). The fraction of sp³-hybridized carbons (Fsp3) is 0.0625. The van der Waals surface area contributed by atoms with Gasteiger partial charge in [-0.15, -0.1) is 0 Å². The molecule has 0 heterocycles. The van der Waals surface area contributed by atoms with E-state index in [0.717, 1.165) is 6.21 Å². The molecule has 3 N–H and O–H groups in total. The maximum Gasteiger partial charge on any atom is 0.271 e. The molecule has 0 aliphatic carbocycles. The molecule has 0 aliphatic heterocycles. The van der Waals surface area contributed by atoms with Crippen molar-refractivity contribution in [2.24, 2.45) is 10.3 Å². The average molecular weight is 360 g/mol. The second-order valence-electron chi connectivity index (χ2n) is 4.78. The van der Waals surface area contributed by atoms with Crippen molar-refractivity contribution in [3.8, 4) is 0 Å². The van der Waals surface area contributed by atoms with Crippen LogP contribution < -0.4 is 10.1 Å². The Morgan fingerprint density at radius 1 is 1.08 bits per heavy atom. The molecule has 0 aromatic heterocycles. The second kappa shape index (κ2) is 8.18. The number of hydrazone groups is 1. The van der Waals surface area contributed by atoms with Gasteiger partial charge in [0.05, 0.1) is 11.1 Å². The lowest BCUT2D eigenvalue weighted by Gasteiger charge is -2.06. The zero-order valence-corrected chi connectivity index (χ0v) is 14.1. The molecule has 9 heteroatoms. The molecule has 0 saturated heterocycles. The molecule has 2 aromatic carbocycles. The van der Waals surface area contributed by atoms with Gasteiger partial charge < -0.3 is 5.21 Å². The summed E-state index contributed by atoms with van der Waals surface area (Å²) in [7, 11) is -2.37. The summed E-state index contributed by atoms with van der Waals surface area (Å²) in [6.07, 6.45) is 1.08. The van der Waals surface area contributed by atoms with E-state index in [4.69, 9.17) is 5.21 Å². The number of oxime groups is 1. The van der Waals surface area contributed by atoms with Crippen LogP contribution in [0.2, 0.25) is 0 Å². The summed E-state index contributed by atoms with van der Waals surface area (Å²) >= 11 is 0. The van der Waals surface area contributed by atoms with Gasteiger partial charge in [-0.05, 0) is 25.2 Å². The Balaban J connectivity index is 2.25. The van der Waals surface area contributed by atoms with Crippen LogP contribution in [0, 0.1) is 0 Å². The van der Waals surface area contributed by atoms with Crippen molar-refractivity contribution in [1.29, 1.82) is 0 Å². The summed E-state index contributed by atoms with van der Waals surface area (Å²) in [6.45, 7) is 0. The van der Waals surface area contributed by atoms with Crippen LogP contribution in [-0.4, -0.2) is 38.5 Å². The summed E-state index contributed by atoms with van der Waals surface area (Å²) in [6, 6.07) is 14.3. The summed E-state index contributed by atoms with van der Waals surface area (Å²) in [5, 5.41) is 15.6. The van der Waals surface area contributed by atoms with Gasteiger partial charge in [-0.25, -0.2) is 18.6 Å². The molecule has 0 unspecified atom stereocenters. The lowest BCUT2D eigenvalue weighted by molar-refractivity contribution is 0.0954. The van der Waals surface area contributed by atoms with Crippen molar-refractivity contribution in [3.63, 3.8) is 0 Å². The van der Waals surface area contributed by atoms with Crippen molar-refractivity contribution >= 4 is 27.9 Å². The van der Waals surface area contributed by atoms with Gasteiger partial charge >= 0.3 is 0 Å². The van der Waals surface area contributed by atoms with E-state index in [-0.39, 0.29) is 16.2 Å². The molecule has 0 aliphatic rings. The minimum atomic E-state index is -3.66. The molecule has 8 nitrogen and oxygen atoms in total. The number of sulfonamides is 1. The SMILES string of the molecule is CNS(=O)(=O)c1cccc(C(=O)NN=C(C=NO)c2ccccc2)c1. The number of nitrogens with one attached hydrogen (secondary N) is 2. The van der Waals surface area contributed by atoms with E-state index in [1.165, 1.54) is 31.3 Å². The van der Waals surface area contributed by atoms with E-state index in [0.29, 0.717) is 5.56 Å². The molecule has 0 spiro atoms. The predicted octanol–water partition coefficient (Wildman–Crippen LogP) is 1.19. The first-order chi connectivity index (χ1) is 12.0. The van der Waals surface area contributed by atoms with Crippen molar-refractivity contribution < 1.29 is 18.4 Å². The average Bonchev–Trinajstić information content (AvgIpc) is 2.65. The van der Waals surface area contributed by atoms with E-state index in [1.807, 2.05) is 6.07 Å². The Kier molecular flexibility index (Phi) is 5.98. The van der Waals surface area contributed by atoms with Crippen LogP contribution in [0.3, 0.4) is 0 Å². The first kappa shape index (κ1) is 18.3. The number of rotatable bonds is 6. The lowest BCUT2D eigenvalue weighted by Crippen LogP contribution is -2.22. The number of hydrogen-bond donors (Lipinski definition) is 3. The molecule has 2 aromatic rings. The third-order valence-electron chi connectivity index (χ3n) is 3.20. The van der Waals surface area contributed by atoms with E-state index in [9.17, 15) is 13.2 Å². The van der Waals surface area contributed by atoms with E-state index in [2.05, 4.69) is 20.4 Å². The summed E-state index contributed by atoms with van der Waals surface area (Å²) in [4.78, 5) is 12.2. The molecular weight excluding hydrogens is 344 g/mol. The van der Waals surface area contributed by atoms with Crippen molar-refractivity contribution in [1.82, 2.24) is 10.1 Å². The minimum absolute atomic E-state index is 0.0353. The standard InChI is InChI=1S/C16H16N4O4S/c1-17-25(23,24)14-9-5-8-13(10-14)16(21)20-19-15(11-18-22)12-6-3-2-4-7-12/h2-11,17,22H,1H3,(H,20,21). The topological polar surface area (TPSA) is 120 Å². The third kappa shape index (κ3) is 4.72. The highest BCUT2D eigenvalue weighted by molar-refractivity contribution is 7.89. The largest absolute Gasteiger partial charge is 0.411 e. The van der Waals surface area contributed by atoms with Gasteiger partial charge in [0.2, 0.25) is 10.0 Å². The van der Waals surface area contributed by atoms with Crippen LogP contribution in [0.15, 0.2) is 69.7 Å². The molecule has 0 atom stereocenters. The number of carbonyl (C=O) groups is 1. The normalized spacial score (nSPS) is 12.3. The Hall–Kier alpha value is -3.04. The molecule has 0 saturated carbocycles. The molecular formula is C16H16N4O4S. The Morgan fingerprint density at radius 3 is 2.40 bits per heavy atom. The Labute approximate surface area is 144 Å². The van der Waals surface area contributed by atoms with Crippen LogP contribution in [-0.2, 0) is 10.0 Å². The van der Waals surface area contributed by atoms with Crippen molar-refractivity contribution in [2.75, 3.05) is 7.05 Å². The van der Waals surface area contributed by atoms with E-state index >= 15 is 0 Å². The summed E-state index contributed by atoms with van der Waals surface area (Å²) in [5.74, 6) is -0.604. The number of benzene rings is 2. The van der Waals surface area contributed by atoms with Gasteiger partial charge in [0.25, 0.3) is 5.91 Å². The lowest BCUT2D eigenvalue weighted by atomic mass is 10.1. The highest BCUT2D eigenvalue weighted by atomic mass is 32.2. The number of nitrogens with zero attached hydrogens (tertiary/aromatic N) is 2. The van der Waals surface area contributed by atoms with Gasteiger partial charge in [-0.2, -0.15) is 5.10 Å². The van der Waals surface area contributed by atoms with Crippen LogP contribution in [0.1, 0.15) is 15.9 Å².